The second-order valence-electron chi connectivity index (χ2n) is 6.93. The van der Waals surface area contributed by atoms with Crippen molar-refractivity contribution in [1.82, 2.24) is 15.0 Å². The zero-order chi connectivity index (χ0) is 19.3. The number of amides is 1. The van der Waals surface area contributed by atoms with E-state index in [0.717, 1.165) is 38.5 Å². The summed E-state index contributed by atoms with van der Waals surface area (Å²) in [5.74, 6) is 1.70. The number of pyridine rings is 1. The van der Waals surface area contributed by atoms with Crippen LogP contribution in [0.1, 0.15) is 21.7 Å². The predicted octanol–water partition coefficient (Wildman–Crippen LogP) is 2.95. The van der Waals surface area contributed by atoms with Crippen molar-refractivity contribution in [3.05, 3.63) is 71.6 Å². The molecule has 1 aliphatic heterocycles. The van der Waals surface area contributed by atoms with E-state index in [9.17, 15) is 4.79 Å². The van der Waals surface area contributed by atoms with E-state index in [1.807, 2.05) is 12.1 Å². The summed E-state index contributed by atoms with van der Waals surface area (Å²) in [5, 5.41) is 6.47. The molecule has 0 unspecified atom stereocenters. The molecule has 0 aliphatic carbocycles. The number of hydrogen-bond donors (Lipinski definition) is 1. The van der Waals surface area contributed by atoms with Gasteiger partial charge in [0.1, 0.15) is 11.6 Å². The van der Waals surface area contributed by atoms with Gasteiger partial charge in [-0.3, -0.25) is 9.69 Å². The molecule has 1 N–H and O–H groups in total. The molecule has 144 valence electrons. The number of piperazine rings is 1. The van der Waals surface area contributed by atoms with E-state index in [0.29, 0.717) is 17.1 Å². The lowest BCUT2D eigenvalue weighted by Gasteiger charge is -2.35. The SMILES string of the molecule is Cc1cc(NC(=O)c2ccc(N3CCN(Cc4ccccc4)CC3)nc2)no1. The van der Waals surface area contributed by atoms with Crippen molar-refractivity contribution in [3.63, 3.8) is 0 Å². The van der Waals surface area contributed by atoms with Crippen LogP contribution >= 0.6 is 0 Å². The standard InChI is InChI=1S/C21H23N5O2/c1-16-13-19(24-28-16)23-21(27)18-7-8-20(22-14-18)26-11-9-25(10-12-26)15-17-5-3-2-4-6-17/h2-8,13-14H,9-12,15H2,1H3,(H,23,24,27). The Bertz CT molecular complexity index is 915. The number of rotatable bonds is 5. The number of nitrogens with one attached hydrogen (secondary N) is 1. The lowest BCUT2D eigenvalue weighted by molar-refractivity contribution is 0.102. The molecule has 0 spiro atoms. The van der Waals surface area contributed by atoms with Crippen molar-refractivity contribution >= 4 is 17.5 Å². The van der Waals surface area contributed by atoms with Gasteiger partial charge in [-0.25, -0.2) is 4.98 Å². The number of carbonyl (C=O) groups excluding carboxylic acids is 1. The van der Waals surface area contributed by atoms with Crippen molar-refractivity contribution in [2.24, 2.45) is 0 Å². The monoisotopic (exact) mass is 377 g/mol. The van der Waals surface area contributed by atoms with E-state index in [2.05, 4.69) is 49.5 Å². The van der Waals surface area contributed by atoms with Gasteiger partial charge in [-0.1, -0.05) is 35.5 Å². The average molecular weight is 377 g/mol. The maximum absolute atomic E-state index is 12.3. The van der Waals surface area contributed by atoms with Crippen LogP contribution in [0, 0.1) is 6.92 Å². The second-order valence-corrected chi connectivity index (χ2v) is 6.93. The van der Waals surface area contributed by atoms with Gasteiger partial charge in [-0.2, -0.15) is 0 Å². The molecule has 4 rings (SSSR count). The number of aromatic nitrogens is 2. The van der Waals surface area contributed by atoms with Crippen molar-refractivity contribution in [2.45, 2.75) is 13.5 Å². The summed E-state index contributed by atoms with van der Waals surface area (Å²) in [6, 6.07) is 15.9. The zero-order valence-corrected chi connectivity index (χ0v) is 15.8. The Kier molecular flexibility index (Phi) is 5.34. The number of benzene rings is 1. The predicted molar refractivity (Wildman–Crippen MR) is 107 cm³/mol. The second kappa shape index (κ2) is 8.22. The first-order chi connectivity index (χ1) is 13.7. The van der Waals surface area contributed by atoms with E-state index < -0.39 is 0 Å². The first-order valence-electron chi connectivity index (χ1n) is 9.39. The minimum atomic E-state index is -0.250. The maximum atomic E-state index is 12.3. The van der Waals surface area contributed by atoms with Gasteiger partial charge in [0, 0.05) is 45.0 Å². The Labute approximate surface area is 164 Å². The van der Waals surface area contributed by atoms with Crippen LogP contribution in [0.4, 0.5) is 11.6 Å². The van der Waals surface area contributed by atoms with Crippen LogP contribution in [0.2, 0.25) is 0 Å². The molecule has 1 amide bonds. The van der Waals surface area contributed by atoms with Gasteiger partial charge in [-0.05, 0) is 24.6 Å². The summed E-state index contributed by atoms with van der Waals surface area (Å²) in [4.78, 5) is 21.5. The van der Waals surface area contributed by atoms with Gasteiger partial charge >= 0.3 is 0 Å². The average Bonchev–Trinajstić information content (AvgIpc) is 3.14. The molecule has 1 fully saturated rings. The highest BCUT2D eigenvalue weighted by molar-refractivity contribution is 6.03. The fourth-order valence-electron chi connectivity index (χ4n) is 3.30. The van der Waals surface area contributed by atoms with E-state index in [4.69, 9.17) is 4.52 Å². The van der Waals surface area contributed by atoms with E-state index in [1.165, 1.54) is 5.56 Å². The molecule has 1 aromatic carbocycles. The molecule has 0 atom stereocenters. The third kappa shape index (κ3) is 4.37. The van der Waals surface area contributed by atoms with Crippen LogP contribution < -0.4 is 10.2 Å². The zero-order valence-electron chi connectivity index (χ0n) is 15.8. The summed E-state index contributed by atoms with van der Waals surface area (Å²) in [7, 11) is 0. The molecule has 0 radical (unpaired) electrons. The molecule has 7 heteroatoms. The molecule has 2 aromatic heterocycles. The van der Waals surface area contributed by atoms with Crippen LogP contribution in [0.25, 0.3) is 0 Å². The third-order valence-corrected chi connectivity index (χ3v) is 4.82. The lowest BCUT2D eigenvalue weighted by Crippen LogP contribution is -2.46. The third-order valence-electron chi connectivity index (χ3n) is 4.82. The minimum absolute atomic E-state index is 0.250. The first kappa shape index (κ1) is 18.2. The summed E-state index contributed by atoms with van der Waals surface area (Å²) in [5.41, 5.74) is 1.83. The number of nitrogens with zero attached hydrogens (tertiary/aromatic N) is 4. The van der Waals surface area contributed by atoms with E-state index >= 15 is 0 Å². The minimum Gasteiger partial charge on any atom is -0.360 e. The fraction of sp³-hybridized carbons (Fsp3) is 0.286. The topological polar surface area (TPSA) is 74.5 Å². The molecule has 1 aliphatic rings. The molecular weight excluding hydrogens is 354 g/mol. The number of hydrogen-bond acceptors (Lipinski definition) is 6. The first-order valence-corrected chi connectivity index (χ1v) is 9.39. The van der Waals surface area contributed by atoms with Crippen LogP contribution in [0.5, 0.6) is 0 Å². The van der Waals surface area contributed by atoms with Gasteiger partial charge in [0.25, 0.3) is 5.91 Å². The molecule has 1 saturated heterocycles. The van der Waals surface area contributed by atoms with E-state index in [-0.39, 0.29) is 5.91 Å². The van der Waals surface area contributed by atoms with Crippen molar-refractivity contribution < 1.29 is 9.32 Å². The smallest absolute Gasteiger partial charge is 0.258 e. The number of carbonyl (C=O) groups is 1. The summed E-state index contributed by atoms with van der Waals surface area (Å²) >= 11 is 0. The highest BCUT2D eigenvalue weighted by Crippen LogP contribution is 2.16. The Morgan fingerprint density at radius 2 is 1.89 bits per heavy atom. The summed E-state index contributed by atoms with van der Waals surface area (Å²) in [6.07, 6.45) is 1.61. The van der Waals surface area contributed by atoms with Gasteiger partial charge in [0.2, 0.25) is 0 Å². The van der Waals surface area contributed by atoms with Crippen LogP contribution in [-0.2, 0) is 6.54 Å². The largest absolute Gasteiger partial charge is 0.360 e. The molecule has 0 bridgehead atoms. The van der Waals surface area contributed by atoms with Crippen molar-refractivity contribution in [1.29, 1.82) is 0 Å². The maximum Gasteiger partial charge on any atom is 0.258 e. The number of aryl methyl sites for hydroxylation is 1. The molecular formula is C21H23N5O2. The van der Waals surface area contributed by atoms with Crippen molar-refractivity contribution in [2.75, 3.05) is 36.4 Å². The van der Waals surface area contributed by atoms with Crippen LogP contribution in [-0.4, -0.2) is 47.1 Å². The highest BCUT2D eigenvalue weighted by Gasteiger charge is 2.18. The Balaban J connectivity index is 1.31. The molecule has 0 saturated carbocycles. The Morgan fingerprint density at radius 1 is 1.11 bits per heavy atom. The molecule has 7 nitrogen and oxygen atoms in total. The number of anilines is 2. The van der Waals surface area contributed by atoms with Gasteiger partial charge in [-0.15, -0.1) is 0 Å². The summed E-state index contributed by atoms with van der Waals surface area (Å²) in [6.45, 7) is 6.57. The van der Waals surface area contributed by atoms with Gasteiger partial charge in [0.15, 0.2) is 5.82 Å². The Hall–Kier alpha value is -3.19. The van der Waals surface area contributed by atoms with Gasteiger partial charge in [0.05, 0.1) is 5.56 Å². The fourth-order valence-corrected chi connectivity index (χ4v) is 3.30. The van der Waals surface area contributed by atoms with Gasteiger partial charge < -0.3 is 14.7 Å². The lowest BCUT2D eigenvalue weighted by atomic mass is 10.2. The van der Waals surface area contributed by atoms with Crippen molar-refractivity contribution in [3.8, 4) is 0 Å². The summed E-state index contributed by atoms with van der Waals surface area (Å²) < 4.78 is 4.95. The van der Waals surface area contributed by atoms with Crippen LogP contribution in [0.15, 0.2) is 59.3 Å². The molecule has 28 heavy (non-hydrogen) atoms. The molecule has 3 aromatic rings. The normalized spacial score (nSPS) is 14.8. The van der Waals surface area contributed by atoms with E-state index in [1.54, 1.807) is 25.3 Å². The Morgan fingerprint density at radius 3 is 2.54 bits per heavy atom. The molecule has 3 heterocycles. The highest BCUT2D eigenvalue weighted by atomic mass is 16.5. The quantitative estimate of drug-likeness (QED) is 0.737. The van der Waals surface area contributed by atoms with Crippen LogP contribution in [0.3, 0.4) is 0 Å².